The molecule has 96 valence electrons. The van der Waals surface area contributed by atoms with Gasteiger partial charge < -0.3 is 10.5 Å². The average Bonchev–Trinajstić information content (AvgIpc) is 2.74. The van der Waals surface area contributed by atoms with Crippen molar-refractivity contribution in [3.05, 3.63) is 51.7 Å². The van der Waals surface area contributed by atoms with Gasteiger partial charge in [0.15, 0.2) is 0 Å². The Hall–Kier alpha value is -1.46. The lowest BCUT2D eigenvalue weighted by Gasteiger charge is -2.16. The van der Waals surface area contributed by atoms with E-state index in [1.807, 2.05) is 18.4 Å². The maximum atomic E-state index is 12.3. The van der Waals surface area contributed by atoms with Gasteiger partial charge in [0.1, 0.15) is 5.75 Å². The number of ether oxygens (including phenoxy) is 1. The molecule has 1 unspecified atom stereocenters. The summed E-state index contributed by atoms with van der Waals surface area (Å²) in [5, 5.41) is 1.93. The molecule has 0 bridgehead atoms. The molecule has 0 saturated heterocycles. The Morgan fingerprint density at radius 3 is 2.56 bits per heavy atom. The van der Waals surface area contributed by atoms with Crippen molar-refractivity contribution in [1.29, 1.82) is 0 Å². The van der Waals surface area contributed by atoms with Gasteiger partial charge in [-0.2, -0.15) is 8.78 Å². The van der Waals surface area contributed by atoms with Gasteiger partial charge in [-0.3, -0.25) is 0 Å². The number of halogens is 2. The van der Waals surface area contributed by atoms with E-state index in [1.165, 1.54) is 17.4 Å². The van der Waals surface area contributed by atoms with Gasteiger partial charge in [0.25, 0.3) is 0 Å². The summed E-state index contributed by atoms with van der Waals surface area (Å²) in [7, 11) is 0. The number of aryl methyl sites for hydroxylation is 1. The average molecular weight is 269 g/mol. The van der Waals surface area contributed by atoms with Crippen LogP contribution in [-0.4, -0.2) is 6.61 Å². The van der Waals surface area contributed by atoms with E-state index in [4.69, 9.17) is 5.73 Å². The fraction of sp³-hybridized carbons (Fsp3) is 0.231. The molecular weight excluding hydrogens is 256 g/mol. The van der Waals surface area contributed by atoms with Crippen LogP contribution in [0.4, 0.5) is 8.78 Å². The Bertz CT molecular complexity index is 527. The molecule has 1 aromatic heterocycles. The number of para-hydroxylation sites is 1. The highest BCUT2D eigenvalue weighted by Gasteiger charge is 2.18. The fourth-order valence-electron chi connectivity index (χ4n) is 1.79. The summed E-state index contributed by atoms with van der Waals surface area (Å²) >= 11 is 1.51. The van der Waals surface area contributed by atoms with Gasteiger partial charge in [-0.05, 0) is 30.0 Å². The maximum Gasteiger partial charge on any atom is 0.387 e. The molecule has 5 heteroatoms. The maximum absolute atomic E-state index is 12.3. The zero-order valence-electron chi connectivity index (χ0n) is 9.77. The second kappa shape index (κ2) is 5.46. The van der Waals surface area contributed by atoms with Crippen LogP contribution in [0, 0.1) is 6.92 Å². The molecule has 2 nitrogen and oxygen atoms in total. The zero-order valence-corrected chi connectivity index (χ0v) is 10.6. The molecule has 0 aliphatic carbocycles. The third-order valence-electron chi connectivity index (χ3n) is 2.65. The minimum Gasteiger partial charge on any atom is -0.434 e. The van der Waals surface area contributed by atoms with Crippen molar-refractivity contribution in [2.75, 3.05) is 0 Å². The first-order valence-corrected chi connectivity index (χ1v) is 6.31. The van der Waals surface area contributed by atoms with Crippen LogP contribution in [-0.2, 0) is 0 Å². The zero-order chi connectivity index (χ0) is 13.1. The summed E-state index contributed by atoms with van der Waals surface area (Å²) in [5.41, 5.74) is 7.75. The highest BCUT2D eigenvalue weighted by molar-refractivity contribution is 7.10. The number of thiophene rings is 1. The van der Waals surface area contributed by atoms with Gasteiger partial charge in [-0.1, -0.05) is 18.2 Å². The predicted molar refractivity (Wildman–Crippen MR) is 68.2 cm³/mol. The summed E-state index contributed by atoms with van der Waals surface area (Å²) in [5.74, 6) is 0.132. The first-order valence-electron chi connectivity index (χ1n) is 5.43. The fourth-order valence-corrected chi connectivity index (χ4v) is 2.73. The molecule has 1 aromatic carbocycles. The van der Waals surface area contributed by atoms with Gasteiger partial charge in [0, 0.05) is 10.4 Å². The van der Waals surface area contributed by atoms with Crippen LogP contribution in [0.1, 0.15) is 22.0 Å². The number of benzene rings is 1. The van der Waals surface area contributed by atoms with Crippen molar-refractivity contribution in [2.45, 2.75) is 19.6 Å². The molecule has 2 N–H and O–H groups in total. The van der Waals surface area contributed by atoms with Crippen LogP contribution in [0.2, 0.25) is 0 Å². The minimum atomic E-state index is -2.84. The largest absolute Gasteiger partial charge is 0.434 e. The monoisotopic (exact) mass is 269 g/mol. The van der Waals surface area contributed by atoms with Crippen LogP contribution in [0.3, 0.4) is 0 Å². The Kier molecular flexibility index (Phi) is 3.93. The molecule has 18 heavy (non-hydrogen) atoms. The number of hydrogen-bond donors (Lipinski definition) is 1. The summed E-state index contributed by atoms with van der Waals surface area (Å²) in [6.07, 6.45) is 0. The summed E-state index contributed by atoms with van der Waals surface area (Å²) in [6.45, 7) is -0.898. The number of nitrogens with two attached hydrogens (primary N) is 1. The van der Waals surface area contributed by atoms with Gasteiger partial charge in [0.2, 0.25) is 0 Å². The topological polar surface area (TPSA) is 35.2 Å². The van der Waals surface area contributed by atoms with Crippen LogP contribution in [0.15, 0.2) is 35.7 Å². The Morgan fingerprint density at radius 2 is 1.94 bits per heavy atom. The summed E-state index contributed by atoms with van der Waals surface area (Å²) in [4.78, 5) is 0.959. The summed E-state index contributed by atoms with van der Waals surface area (Å²) in [6, 6.07) is 8.13. The highest BCUT2D eigenvalue weighted by atomic mass is 32.1. The molecule has 0 saturated carbocycles. The summed E-state index contributed by atoms with van der Waals surface area (Å²) < 4.78 is 29.1. The molecule has 0 aliphatic heterocycles. The van der Waals surface area contributed by atoms with Crippen molar-refractivity contribution in [2.24, 2.45) is 5.73 Å². The van der Waals surface area contributed by atoms with E-state index < -0.39 is 12.7 Å². The van der Waals surface area contributed by atoms with E-state index in [0.717, 1.165) is 10.4 Å². The molecule has 0 spiro atoms. The van der Waals surface area contributed by atoms with E-state index in [2.05, 4.69) is 4.74 Å². The van der Waals surface area contributed by atoms with E-state index >= 15 is 0 Å². The number of alkyl halides is 2. The first-order chi connectivity index (χ1) is 8.59. The van der Waals surface area contributed by atoms with Crippen LogP contribution >= 0.6 is 11.3 Å². The van der Waals surface area contributed by atoms with Crippen LogP contribution in [0.25, 0.3) is 0 Å². The van der Waals surface area contributed by atoms with Crippen molar-refractivity contribution in [3.63, 3.8) is 0 Å². The normalized spacial score (nSPS) is 12.7. The van der Waals surface area contributed by atoms with Gasteiger partial charge in [-0.15, -0.1) is 11.3 Å². The number of rotatable bonds is 4. The van der Waals surface area contributed by atoms with Gasteiger partial charge >= 0.3 is 6.61 Å². The van der Waals surface area contributed by atoms with Crippen molar-refractivity contribution >= 4 is 11.3 Å². The van der Waals surface area contributed by atoms with Crippen molar-refractivity contribution < 1.29 is 13.5 Å². The molecular formula is C13H13F2NOS. The molecule has 0 amide bonds. The van der Waals surface area contributed by atoms with Gasteiger partial charge in [0.05, 0.1) is 6.04 Å². The third-order valence-corrected chi connectivity index (χ3v) is 3.76. The molecule has 2 rings (SSSR count). The highest BCUT2D eigenvalue weighted by Crippen LogP contribution is 2.33. The number of hydrogen-bond acceptors (Lipinski definition) is 3. The standard InChI is InChI=1S/C13H13F2NOS/c1-8-6-7-18-12(8)11(16)9-4-2-3-5-10(9)17-13(14)15/h2-7,11,13H,16H2,1H3. The molecule has 2 aromatic rings. The van der Waals surface area contributed by atoms with Crippen molar-refractivity contribution in [1.82, 2.24) is 0 Å². The van der Waals surface area contributed by atoms with Crippen LogP contribution < -0.4 is 10.5 Å². The van der Waals surface area contributed by atoms with Gasteiger partial charge in [-0.25, -0.2) is 0 Å². The lowest BCUT2D eigenvalue weighted by molar-refractivity contribution is -0.0505. The van der Waals surface area contributed by atoms with Crippen LogP contribution in [0.5, 0.6) is 5.75 Å². The van der Waals surface area contributed by atoms with E-state index in [9.17, 15) is 8.78 Å². The lowest BCUT2D eigenvalue weighted by atomic mass is 10.0. The van der Waals surface area contributed by atoms with E-state index in [0.29, 0.717) is 5.56 Å². The first kappa shape index (κ1) is 13.0. The molecule has 0 aliphatic rings. The van der Waals surface area contributed by atoms with E-state index in [1.54, 1.807) is 18.2 Å². The lowest BCUT2D eigenvalue weighted by Crippen LogP contribution is -2.14. The smallest absolute Gasteiger partial charge is 0.387 e. The predicted octanol–water partition coefficient (Wildman–Crippen LogP) is 3.71. The third kappa shape index (κ3) is 2.68. The quantitative estimate of drug-likeness (QED) is 0.918. The Labute approximate surface area is 108 Å². The van der Waals surface area contributed by atoms with Crippen molar-refractivity contribution in [3.8, 4) is 5.75 Å². The molecule has 1 heterocycles. The molecule has 1 atom stereocenters. The van der Waals surface area contributed by atoms with E-state index in [-0.39, 0.29) is 5.75 Å². The minimum absolute atomic E-state index is 0.132. The molecule has 0 radical (unpaired) electrons. The second-order valence-corrected chi connectivity index (χ2v) is 4.81. The second-order valence-electron chi connectivity index (χ2n) is 3.86. The Balaban J connectivity index is 2.36. The SMILES string of the molecule is Cc1ccsc1C(N)c1ccccc1OC(F)F. The Morgan fingerprint density at radius 1 is 1.22 bits per heavy atom. The molecule has 0 fully saturated rings.